The maximum absolute atomic E-state index is 12.5. The van der Waals surface area contributed by atoms with Crippen LogP contribution in [-0.2, 0) is 6.42 Å². The monoisotopic (exact) mass is 288 g/mol. The molecule has 0 spiro atoms. The Hall–Kier alpha value is -1.39. The SMILES string of the molecule is CN1CCC(N(C)CC(=O)c2ccc3c(c2)CCO3)CC1. The Kier molecular flexibility index (Phi) is 4.27. The predicted molar refractivity (Wildman–Crippen MR) is 83.1 cm³/mol. The number of fused-ring (bicyclic) bond motifs is 1. The van der Waals surface area contributed by atoms with Crippen LogP contribution in [0.2, 0.25) is 0 Å². The molecule has 3 rings (SSSR count). The Labute approximate surface area is 126 Å². The minimum absolute atomic E-state index is 0.214. The predicted octanol–water partition coefficient (Wildman–Crippen LogP) is 1.83. The van der Waals surface area contributed by atoms with Crippen LogP contribution in [0.4, 0.5) is 0 Å². The molecule has 1 aromatic carbocycles. The van der Waals surface area contributed by atoms with Gasteiger partial charge < -0.3 is 9.64 Å². The molecule has 0 atom stereocenters. The zero-order valence-corrected chi connectivity index (χ0v) is 13.0. The molecule has 4 nitrogen and oxygen atoms in total. The summed E-state index contributed by atoms with van der Waals surface area (Å²) in [5.41, 5.74) is 1.99. The maximum Gasteiger partial charge on any atom is 0.176 e. The van der Waals surface area contributed by atoms with Crippen LogP contribution in [-0.4, -0.2) is 62.0 Å². The number of carbonyl (C=O) groups is 1. The third-order valence-electron chi connectivity index (χ3n) is 4.72. The molecular formula is C17H24N2O2. The molecule has 0 bridgehead atoms. The number of likely N-dealkylation sites (N-methyl/N-ethyl adjacent to an activating group) is 1. The largest absolute Gasteiger partial charge is 0.493 e. The van der Waals surface area contributed by atoms with E-state index in [2.05, 4.69) is 23.9 Å². The number of likely N-dealkylation sites (tertiary alicyclic amines) is 1. The standard InChI is InChI=1S/C17H24N2O2/c1-18-8-5-15(6-9-18)19(2)12-16(20)13-3-4-17-14(11-13)7-10-21-17/h3-4,11,15H,5-10,12H2,1-2H3. The van der Waals surface area contributed by atoms with Gasteiger partial charge in [0.25, 0.3) is 0 Å². The van der Waals surface area contributed by atoms with Crippen molar-refractivity contribution in [3.8, 4) is 5.75 Å². The first kappa shape index (κ1) is 14.5. The quantitative estimate of drug-likeness (QED) is 0.791. The summed E-state index contributed by atoms with van der Waals surface area (Å²) >= 11 is 0. The number of ether oxygens (including phenoxy) is 1. The summed E-state index contributed by atoms with van der Waals surface area (Å²) in [5.74, 6) is 1.15. The van der Waals surface area contributed by atoms with E-state index in [-0.39, 0.29) is 5.78 Å². The van der Waals surface area contributed by atoms with Gasteiger partial charge in [-0.3, -0.25) is 9.69 Å². The van der Waals surface area contributed by atoms with E-state index in [1.165, 1.54) is 5.56 Å². The number of hydrogen-bond donors (Lipinski definition) is 0. The molecule has 0 radical (unpaired) electrons. The van der Waals surface area contributed by atoms with Crippen molar-refractivity contribution < 1.29 is 9.53 Å². The van der Waals surface area contributed by atoms with Crippen molar-refractivity contribution in [3.63, 3.8) is 0 Å². The molecular weight excluding hydrogens is 264 g/mol. The number of carbonyl (C=O) groups excluding carboxylic acids is 1. The summed E-state index contributed by atoms with van der Waals surface area (Å²) in [4.78, 5) is 17.0. The van der Waals surface area contributed by atoms with E-state index in [0.29, 0.717) is 12.6 Å². The molecule has 1 fully saturated rings. The van der Waals surface area contributed by atoms with Crippen LogP contribution < -0.4 is 4.74 Å². The van der Waals surface area contributed by atoms with Crippen LogP contribution in [0.3, 0.4) is 0 Å². The molecule has 0 amide bonds. The summed E-state index contributed by atoms with van der Waals surface area (Å²) in [6.07, 6.45) is 3.22. The number of rotatable bonds is 4. The fourth-order valence-corrected chi connectivity index (χ4v) is 3.24. The van der Waals surface area contributed by atoms with Crippen LogP contribution in [0, 0.1) is 0 Å². The lowest BCUT2D eigenvalue weighted by atomic mass is 10.0. The second kappa shape index (κ2) is 6.16. The van der Waals surface area contributed by atoms with Gasteiger partial charge in [0, 0.05) is 18.0 Å². The molecule has 114 valence electrons. The molecule has 1 aromatic rings. The Balaban J connectivity index is 1.60. The van der Waals surface area contributed by atoms with E-state index >= 15 is 0 Å². The molecule has 2 heterocycles. The van der Waals surface area contributed by atoms with E-state index in [0.717, 1.165) is 50.3 Å². The van der Waals surface area contributed by atoms with Gasteiger partial charge in [0.2, 0.25) is 0 Å². The summed E-state index contributed by atoms with van der Waals surface area (Å²) in [6, 6.07) is 6.37. The van der Waals surface area contributed by atoms with Crippen molar-refractivity contribution in [3.05, 3.63) is 29.3 Å². The van der Waals surface area contributed by atoms with Gasteiger partial charge in [-0.25, -0.2) is 0 Å². The molecule has 2 aliphatic heterocycles. The van der Waals surface area contributed by atoms with Crippen LogP contribution in [0.5, 0.6) is 5.75 Å². The van der Waals surface area contributed by atoms with E-state index in [4.69, 9.17) is 4.74 Å². The van der Waals surface area contributed by atoms with Gasteiger partial charge in [0.05, 0.1) is 13.2 Å². The number of piperidine rings is 1. The molecule has 0 aromatic heterocycles. The number of ketones is 1. The number of Topliss-reactive ketones (excluding diaryl/α,β-unsaturated/α-hetero) is 1. The van der Waals surface area contributed by atoms with Crippen molar-refractivity contribution in [1.82, 2.24) is 9.80 Å². The van der Waals surface area contributed by atoms with Crippen molar-refractivity contribution in [2.24, 2.45) is 0 Å². The average Bonchev–Trinajstić information content (AvgIpc) is 2.95. The Bertz CT molecular complexity index is 522. The van der Waals surface area contributed by atoms with Gasteiger partial charge in [-0.15, -0.1) is 0 Å². The van der Waals surface area contributed by atoms with E-state index < -0.39 is 0 Å². The van der Waals surface area contributed by atoms with Crippen LogP contribution in [0.25, 0.3) is 0 Å². The lowest BCUT2D eigenvalue weighted by Gasteiger charge is -2.34. The fraction of sp³-hybridized carbons (Fsp3) is 0.588. The number of nitrogens with zero attached hydrogens (tertiary/aromatic N) is 2. The lowest BCUT2D eigenvalue weighted by molar-refractivity contribution is 0.0871. The highest BCUT2D eigenvalue weighted by molar-refractivity contribution is 5.98. The third kappa shape index (κ3) is 3.27. The highest BCUT2D eigenvalue weighted by atomic mass is 16.5. The lowest BCUT2D eigenvalue weighted by Crippen LogP contribution is -2.43. The normalized spacial score (nSPS) is 19.6. The first-order valence-electron chi connectivity index (χ1n) is 7.81. The van der Waals surface area contributed by atoms with Gasteiger partial charge in [-0.1, -0.05) is 0 Å². The van der Waals surface area contributed by atoms with Gasteiger partial charge in [-0.05, 0) is 63.8 Å². The third-order valence-corrected chi connectivity index (χ3v) is 4.72. The molecule has 1 saturated heterocycles. The second-order valence-electron chi connectivity index (χ2n) is 6.29. The minimum atomic E-state index is 0.214. The summed E-state index contributed by atoms with van der Waals surface area (Å²) in [5, 5.41) is 0. The Morgan fingerprint density at radius 3 is 2.90 bits per heavy atom. The van der Waals surface area contributed by atoms with E-state index in [1.54, 1.807) is 0 Å². The van der Waals surface area contributed by atoms with Crippen molar-refractivity contribution in [2.75, 3.05) is 40.3 Å². The maximum atomic E-state index is 12.5. The average molecular weight is 288 g/mol. The smallest absolute Gasteiger partial charge is 0.176 e. The second-order valence-corrected chi connectivity index (χ2v) is 6.29. The van der Waals surface area contributed by atoms with Crippen LogP contribution in [0.1, 0.15) is 28.8 Å². The van der Waals surface area contributed by atoms with E-state index in [9.17, 15) is 4.79 Å². The molecule has 0 saturated carbocycles. The number of benzene rings is 1. The number of hydrogen-bond acceptors (Lipinski definition) is 4. The Morgan fingerprint density at radius 1 is 1.38 bits per heavy atom. The topological polar surface area (TPSA) is 32.8 Å². The van der Waals surface area contributed by atoms with E-state index in [1.807, 2.05) is 18.2 Å². The molecule has 0 unspecified atom stereocenters. The molecule has 21 heavy (non-hydrogen) atoms. The fourth-order valence-electron chi connectivity index (χ4n) is 3.24. The van der Waals surface area contributed by atoms with Crippen molar-refractivity contribution in [2.45, 2.75) is 25.3 Å². The van der Waals surface area contributed by atoms with Crippen molar-refractivity contribution in [1.29, 1.82) is 0 Å². The summed E-state index contributed by atoms with van der Waals surface area (Å²) < 4.78 is 5.49. The first-order chi connectivity index (χ1) is 10.1. The molecule has 0 aliphatic carbocycles. The van der Waals surface area contributed by atoms with Gasteiger partial charge in [-0.2, -0.15) is 0 Å². The summed E-state index contributed by atoms with van der Waals surface area (Å²) in [6.45, 7) is 3.50. The van der Waals surface area contributed by atoms with Crippen molar-refractivity contribution >= 4 is 5.78 Å². The highest BCUT2D eigenvalue weighted by Crippen LogP contribution is 2.26. The Morgan fingerprint density at radius 2 is 2.14 bits per heavy atom. The molecule has 0 N–H and O–H groups in total. The first-order valence-corrected chi connectivity index (χ1v) is 7.81. The highest BCUT2D eigenvalue weighted by Gasteiger charge is 2.23. The molecule has 2 aliphatic rings. The van der Waals surface area contributed by atoms with Crippen LogP contribution in [0.15, 0.2) is 18.2 Å². The molecule has 4 heteroatoms. The summed E-state index contributed by atoms with van der Waals surface area (Å²) in [7, 11) is 4.23. The minimum Gasteiger partial charge on any atom is -0.493 e. The van der Waals surface area contributed by atoms with Gasteiger partial charge >= 0.3 is 0 Å². The zero-order chi connectivity index (χ0) is 14.8. The van der Waals surface area contributed by atoms with Gasteiger partial charge in [0.15, 0.2) is 5.78 Å². The zero-order valence-electron chi connectivity index (χ0n) is 13.0. The van der Waals surface area contributed by atoms with Crippen LogP contribution >= 0.6 is 0 Å². The van der Waals surface area contributed by atoms with Gasteiger partial charge in [0.1, 0.15) is 5.75 Å².